The molecule has 0 aromatic carbocycles. The number of ether oxygens (including phenoxy) is 1. The van der Waals surface area contributed by atoms with Crippen molar-refractivity contribution in [3.05, 3.63) is 0 Å². The van der Waals surface area contributed by atoms with E-state index in [2.05, 4.69) is 0 Å². The first-order valence-electron chi connectivity index (χ1n) is 6.59. The molecule has 3 nitrogen and oxygen atoms in total. The van der Waals surface area contributed by atoms with Crippen LogP contribution in [-0.4, -0.2) is 22.3 Å². The van der Waals surface area contributed by atoms with Crippen LogP contribution in [0.3, 0.4) is 0 Å². The van der Waals surface area contributed by atoms with Crippen LogP contribution < -0.4 is 0 Å². The molecule has 0 aromatic heterocycles. The standard InChI is InChI=1S/C15H28O3/c1-11(2)13(5,6)18-14(7,8)12(3,4)15(11,9)10(16)17/h1-9H3,(H,16,17). The molecule has 1 fully saturated rings. The van der Waals surface area contributed by atoms with Crippen molar-refractivity contribution >= 4 is 5.97 Å². The number of carbonyl (C=O) groups is 1. The van der Waals surface area contributed by atoms with Crippen LogP contribution in [0.1, 0.15) is 62.3 Å². The molecule has 1 saturated heterocycles. The molecule has 0 saturated carbocycles. The minimum Gasteiger partial charge on any atom is -0.481 e. The number of carboxylic acid groups (broad SMARTS) is 1. The van der Waals surface area contributed by atoms with E-state index in [9.17, 15) is 9.90 Å². The van der Waals surface area contributed by atoms with Crippen LogP contribution in [0.5, 0.6) is 0 Å². The first-order chi connectivity index (χ1) is 7.65. The van der Waals surface area contributed by atoms with Crippen molar-refractivity contribution < 1.29 is 14.6 Å². The van der Waals surface area contributed by atoms with Crippen LogP contribution in [0.2, 0.25) is 0 Å². The van der Waals surface area contributed by atoms with Crippen LogP contribution in [0, 0.1) is 16.2 Å². The van der Waals surface area contributed by atoms with Crippen LogP contribution >= 0.6 is 0 Å². The number of carboxylic acids is 1. The molecule has 0 bridgehead atoms. The van der Waals surface area contributed by atoms with Gasteiger partial charge in [0.05, 0.1) is 16.6 Å². The van der Waals surface area contributed by atoms with Gasteiger partial charge in [-0.1, -0.05) is 27.7 Å². The Morgan fingerprint density at radius 1 is 0.778 bits per heavy atom. The Hall–Kier alpha value is -0.570. The summed E-state index contributed by atoms with van der Waals surface area (Å²) in [5, 5.41) is 9.88. The number of hydrogen-bond donors (Lipinski definition) is 1. The summed E-state index contributed by atoms with van der Waals surface area (Å²) in [5.41, 5.74) is -2.83. The fourth-order valence-electron chi connectivity index (χ4n) is 3.41. The zero-order chi connectivity index (χ0) is 14.8. The van der Waals surface area contributed by atoms with Crippen molar-refractivity contribution in [1.82, 2.24) is 0 Å². The molecule has 3 heteroatoms. The average molecular weight is 256 g/mol. The fourth-order valence-corrected chi connectivity index (χ4v) is 3.41. The van der Waals surface area contributed by atoms with E-state index in [4.69, 9.17) is 4.74 Å². The number of hydrogen-bond acceptors (Lipinski definition) is 2. The minimum atomic E-state index is -0.870. The highest BCUT2D eigenvalue weighted by Crippen LogP contribution is 2.66. The van der Waals surface area contributed by atoms with Gasteiger partial charge in [0.25, 0.3) is 0 Å². The molecule has 0 aromatic rings. The van der Waals surface area contributed by atoms with E-state index in [1.54, 1.807) is 0 Å². The minimum absolute atomic E-state index is 0.481. The molecule has 1 aliphatic heterocycles. The summed E-state index contributed by atoms with van der Waals surface area (Å²) in [4.78, 5) is 12.0. The predicted molar refractivity (Wildman–Crippen MR) is 72.5 cm³/mol. The predicted octanol–water partition coefficient (Wildman–Crippen LogP) is 3.72. The summed E-state index contributed by atoms with van der Waals surface area (Å²) in [6, 6.07) is 0. The van der Waals surface area contributed by atoms with E-state index in [0.717, 1.165) is 0 Å². The maximum atomic E-state index is 12.0. The lowest BCUT2D eigenvalue weighted by atomic mass is 9.43. The summed E-state index contributed by atoms with van der Waals surface area (Å²) in [5.74, 6) is -0.748. The lowest BCUT2D eigenvalue weighted by molar-refractivity contribution is -0.322. The van der Waals surface area contributed by atoms with Gasteiger partial charge in [0.2, 0.25) is 0 Å². The molecule has 18 heavy (non-hydrogen) atoms. The van der Waals surface area contributed by atoms with Crippen molar-refractivity contribution in [2.24, 2.45) is 16.2 Å². The van der Waals surface area contributed by atoms with Gasteiger partial charge in [-0.05, 0) is 34.6 Å². The Balaban J connectivity index is 3.64. The summed E-state index contributed by atoms with van der Waals surface area (Å²) >= 11 is 0. The van der Waals surface area contributed by atoms with Gasteiger partial charge in [-0.2, -0.15) is 0 Å². The molecule has 1 heterocycles. The van der Waals surface area contributed by atoms with Crippen LogP contribution in [-0.2, 0) is 9.53 Å². The van der Waals surface area contributed by atoms with Crippen LogP contribution in [0.25, 0.3) is 0 Å². The molecule has 0 atom stereocenters. The molecular weight excluding hydrogens is 228 g/mol. The first-order valence-corrected chi connectivity index (χ1v) is 6.59. The van der Waals surface area contributed by atoms with Crippen molar-refractivity contribution in [1.29, 1.82) is 0 Å². The highest BCUT2D eigenvalue weighted by Gasteiger charge is 2.71. The third-order valence-electron chi connectivity index (χ3n) is 6.45. The summed E-state index contributed by atoms with van der Waals surface area (Å²) in [6.07, 6.45) is 0. The van der Waals surface area contributed by atoms with Gasteiger partial charge in [-0.15, -0.1) is 0 Å². The van der Waals surface area contributed by atoms with Gasteiger partial charge < -0.3 is 9.84 Å². The summed E-state index contributed by atoms with van der Waals surface area (Å²) < 4.78 is 6.27. The SMILES string of the molecule is CC1(C)OC(C)(C)C(C)(C)C(C)(C(=O)O)C1(C)C. The smallest absolute Gasteiger partial charge is 0.310 e. The van der Waals surface area contributed by atoms with Gasteiger partial charge in [-0.25, -0.2) is 0 Å². The van der Waals surface area contributed by atoms with Crippen molar-refractivity contribution in [2.75, 3.05) is 0 Å². The van der Waals surface area contributed by atoms with Crippen LogP contribution in [0.4, 0.5) is 0 Å². The average Bonchev–Trinajstić information content (AvgIpc) is 2.11. The number of aliphatic carboxylic acids is 1. The Labute approximate surface area is 111 Å². The molecule has 0 unspecified atom stereocenters. The Morgan fingerprint density at radius 2 is 1.06 bits per heavy atom. The Kier molecular flexibility index (Phi) is 3.01. The van der Waals surface area contributed by atoms with E-state index < -0.39 is 33.4 Å². The first kappa shape index (κ1) is 15.5. The van der Waals surface area contributed by atoms with E-state index in [1.165, 1.54) is 0 Å². The zero-order valence-corrected chi connectivity index (χ0v) is 13.3. The maximum Gasteiger partial charge on any atom is 0.310 e. The second-order valence-electron chi connectivity index (χ2n) is 7.80. The lowest BCUT2D eigenvalue weighted by Gasteiger charge is -2.67. The molecule has 0 spiro atoms. The topological polar surface area (TPSA) is 46.5 Å². The molecule has 1 N–H and O–H groups in total. The molecule has 0 aliphatic carbocycles. The Morgan fingerprint density at radius 3 is 1.28 bits per heavy atom. The van der Waals surface area contributed by atoms with Gasteiger partial charge in [0.1, 0.15) is 0 Å². The maximum absolute atomic E-state index is 12.0. The summed E-state index contributed by atoms with van der Waals surface area (Å²) in [7, 11) is 0. The molecular formula is C15H28O3. The lowest BCUT2D eigenvalue weighted by Crippen LogP contribution is -2.72. The second-order valence-corrected chi connectivity index (χ2v) is 7.80. The third-order valence-corrected chi connectivity index (χ3v) is 6.45. The van der Waals surface area contributed by atoms with E-state index >= 15 is 0 Å². The third kappa shape index (κ3) is 1.43. The molecule has 0 amide bonds. The second kappa shape index (κ2) is 3.50. The monoisotopic (exact) mass is 256 g/mol. The molecule has 106 valence electrons. The van der Waals surface area contributed by atoms with Gasteiger partial charge in [0, 0.05) is 10.8 Å². The summed E-state index contributed by atoms with van der Waals surface area (Å²) in [6.45, 7) is 17.8. The molecule has 1 rings (SSSR count). The van der Waals surface area contributed by atoms with Crippen molar-refractivity contribution in [3.8, 4) is 0 Å². The van der Waals surface area contributed by atoms with E-state index in [0.29, 0.717) is 0 Å². The highest BCUT2D eigenvalue weighted by atomic mass is 16.5. The zero-order valence-electron chi connectivity index (χ0n) is 13.3. The molecule has 0 radical (unpaired) electrons. The Bertz CT molecular complexity index is 349. The number of rotatable bonds is 1. The van der Waals surface area contributed by atoms with Crippen LogP contribution in [0.15, 0.2) is 0 Å². The highest BCUT2D eigenvalue weighted by molar-refractivity contribution is 5.77. The van der Waals surface area contributed by atoms with Crippen molar-refractivity contribution in [3.63, 3.8) is 0 Å². The fraction of sp³-hybridized carbons (Fsp3) is 0.933. The van der Waals surface area contributed by atoms with Gasteiger partial charge in [-0.3, -0.25) is 4.79 Å². The van der Waals surface area contributed by atoms with Gasteiger partial charge in [0.15, 0.2) is 0 Å². The quantitative estimate of drug-likeness (QED) is 0.777. The van der Waals surface area contributed by atoms with E-state index in [1.807, 2.05) is 62.3 Å². The molecule has 1 aliphatic rings. The normalized spacial score (nSPS) is 30.7. The largest absolute Gasteiger partial charge is 0.481 e. The van der Waals surface area contributed by atoms with Crippen molar-refractivity contribution in [2.45, 2.75) is 73.5 Å². The van der Waals surface area contributed by atoms with E-state index in [-0.39, 0.29) is 0 Å². The van der Waals surface area contributed by atoms with Gasteiger partial charge >= 0.3 is 5.97 Å².